The molecule has 0 aliphatic rings. The summed E-state index contributed by atoms with van der Waals surface area (Å²) in [6.07, 6.45) is 0. The number of benzene rings is 2. The largest absolute Gasteiger partial charge is 0.483 e. The highest BCUT2D eigenvalue weighted by Crippen LogP contribution is 2.37. The van der Waals surface area contributed by atoms with E-state index in [1.165, 1.54) is 10.4 Å². The highest BCUT2D eigenvalue weighted by molar-refractivity contribution is 7.21. The van der Waals surface area contributed by atoms with Gasteiger partial charge in [0, 0.05) is 21.5 Å². The van der Waals surface area contributed by atoms with Crippen molar-refractivity contribution in [3.05, 3.63) is 76.5 Å². The van der Waals surface area contributed by atoms with Crippen molar-refractivity contribution in [2.45, 2.75) is 6.92 Å². The first-order valence-corrected chi connectivity index (χ1v) is 10.2. The van der Waals surface area contributed by atoms with Crippen LogP contribution in [0.3, 0.4) is 0 Å². The Morgan fingerprint density at radius 1 is 1.00 bits per heavy atom. The summed E-state index contributed by atoms with van der Waals surface area (Å²) in [5.74, 6) is 0.0433. The van der Waals surface area contributed by atoms with E-state index in [2.05, 4.69) is 31.2 Å². The van der Waals surface area contributed by atoms with Crippen LogP contribution in [-0.4, -0.2) is 24.5 Å². The minimum absolute atomic E-state index is 0.0433. The number of carboxylic acid groups (broad SMARTS) is 1. The third-order valence-corrected chi connectivity index (χ3v) is 6.45. The normalized spacial score (nSPS) is 10.2. The number of aryl methyl sites for hydroxylation is 1. The maximum Gasteiger partial charge on any atom is 0.290 e. The fraction of sp³-hybridized carbons (Fsp3) is 0.0909. The molecule has 2 aromatic carbocycles. The van der Waals surface area contributed by atoms with E-state index in [0.717, 1.165) is 25.5 Å². The van der Waals surface area contributed by atoms with Gasteiger partial charge >= 0.3 is 0 Å². The van der Waals surface area contributed by atoms with Crippen molar-refractivity contribution >= 4 is 50.8 Å². The van der Waals surface area contributed by atoms with Crippen molar-refractivity contribution in [2.75, 3.05) is 11.9 Å². The van der Waals surface area contributed by atoms with Crippen LogP contribution in [0.4, 0.5) is 5.69 Å². The molecule has 0 radical (unpaired) electrons. The van der Waals surface area contributed by atoms with Gasteiger partial charge in [0.1, 0.15) is 0 Å². The molecule has 4 nitrogen and oxygen atoms in total. The average molecular weight is 410 g/mol. The van der Waals surface area contributed by atoms with Gasteiger partial charge < -0.3 is 10.0 Å². The molecule has 2 aromatic heterocycles. The van der Waals surface area contributed by atoms with Crippen LogP contribution in [0.1, 0.15) is 14.5 Å². The molecule has 0 aliphatic carbocycles. The van der Waals surface area contributed by atoms with Gasteiger partial charge in [-0.05, 0) is 36.1 Å². The van der Waals surface area contributed by atoms with Crippen LogP contribution in [0.25, 0.3) is 20.5 Å². The zero-order chi connectivity index (χ0) is 20.1. The van der Waals surface area contributed by atoms with Gasteiger partial charge in [-0.3, -0.25) is 9.59 Å². The number of thiophene rings is 2. The zero-order valence-electron chi connectivity index (χ0n) is 15.5. The zero-order valence-corrected chi connectivity index (χ0v) is 17.1. The number of rotatable bonds is 3. The van der Waals surface area contributed by atoms with Gasteiger partial charge in [0.2, 0.25) is 0 Å². The van der Waals surface area contributed by atoms with E-state index in [9.17, 15) is 4.79 Å². The molecule has 4 aromatic rings. The predicted octanol–water partition coefficient (Wildman–Crippen LogP) is 5.92. The maximum atomic E-state index is 13.0. The summed E-state index contributed by atoms with van der Waals surface area (Å²) in [6, 6.07) is 22.5. The summed E-state index contributed by atoms with van der Waals surface area (Å²) in [5.41, 5.74) is 2.16. The second kappa shape index (κ2) is 8.82. The Labute approximate surface area is 171 Å². The van der Waals surface area contributed by atoms with Gasteiger partial charge in [0.25, 0.3) is 12.4 Å². The van der Waals surface area contributed by atoms with E-state index in [1.807, 2.05) is 49.5 Å². The van der Waals surface area contributed by atoms with Gasteiger partial charge in [0.05, 0.1) is 10.6 Å². The fourth-order valence-electron chi connectivity index (χ4n) is 2.91. The molecular formula is C22H19NO3S2. The van der Waals surface area contributed by atoms with Crippen molar-refractivity contribution in [2.24, 2.45) is 0 Å². The van der Waals surface area contributed by atoms with Gasteiger partial charge in [-0.2, -0.15) is 0 Å². The molecule has 0 fully saturated rings. The number of hydrogen-bond acceptors (Lipinski definition) is 4. The summed E-state index contributed by atoms with van der Waals surface area (Å²) < 4.78 is 1.14. The maximum absolute atomic E-state index is 13.0. The van der Waals surface area contributed by atoms with Crippen LogP contribution in [0.5, 0.6) is 0 Å². The van der Waals surface area contributed by atoms with E-state index in [4.69, 9.17) is 9.90 Å². The van der Waals surface area contributed by atoms with Gasteiger partial charge in [-0.1, -0.05) is 48.5 Å². The average Bonchev–Trinajstić information content (AvgIpc) is 3.32. The third-order valence-electron chi connectivity index (χ3n) is 4.25. The van der Waals surface area contributed by atoms with Crippen LogP contribution in [0, 0.1) is 6.92 Å². The Morgan fingerprint density at radius 3 is 2.32 bits per heavy atom. The Bertz CT molecular complexity index is 1070. The SMILES string of the molecule is Cc1sc(-c2ccccc2)cc1N(C)C(=O)c1cc2ccccc2s1.O=CO. The molecule has 0 spiro atoms. The molecule has 0 saturated heterocycles. The fourth-order valence-corrected chi connectivity index (χ4v) is 5.01. The molecule has 1 N–H and O–H groups in total. The lowest BCUT2D eigenvalue weighted by Gasteiger charge is -2.15. The minimum atomic E-state index is -0.250. The first-order chi connectivity index (χ1) is 13.5. The molecule has 6 heteroatoms. The number of carbonyl (C=O) groups is 2. The summed E-state index contributed by atoms with van der Waals surface area (Å²) in [5, 5.41) is 8.01. The molecule has 0 aliphatic heterocycles. The lowest BCUT2D eigenvalue weighted by atomic mass is 10.2. The molecule has 0 bridgehead atoms. The Kier molecular flexibility index (Phi) is 6.23. The standard InChI is InChI=1S/C21H17NOS2.CH2O2/c1-14-17(13-19(24-14)15-8-4-3-5-9-15)22(2)21(23)20-12-16-10-6-7-11-18(16)25-20;2-1-3/h3-13H,1-2H3;1H,(H,2,3). The number of amides is 1. The predicted molar refractivity (Wildman–Crippen MR) is 118 cm³/mol. The Hall–Kier alpha value is -2.96. The number of fused-ring (bicyclic) bond motifs is 1. The van der Waals surface area contributed by atoms with Crippen molar-refractivity contribution in [1.82, 2.24) is 0 Å². The summed E-state index contributed by atoms with van der Waals surface area (Å²) in [6.45, 7) is 1.82. The molecule has 0 atom stereocenters. The molecule has 1 amide bonds. The van der Waals surface area contributed by atoms with Gasteiger partial charge in [-0.25, -0.2) is 0 Å². The van der Waals surface area contributed by atoms with Crippen LogP contribution < -0.4 is 4.90 Å². The molecule has 28 heavy (non-hydrogen) atoms. The summed E-state index contributed by atoms with van der Waals surface area (Å²) >= 11 is 3.27. The second-order valence-electron chi connectivity index (χ2n) is 6.04. The van der Waals surface area contributed by atoms with Crippen molar-refractivity contribution in [1.29, 1.82) is 0 Å². The van der Waals surface area contributed by atoms with E-state index in [0.29, 0.717) is 0 Å². The number of nitrogens with zero attached hydrogens (tertiary/aromatic N) is 1. The molecule has 4 rings (SSSR count). The lowest BCUT2D eigenvalue weighted by molar-refractivity contribution is -0.122. The second-order valence-corrected chi connectivity index (χ2v) is 8.38. The van der Waals surface area contributed by atoms with Crippen molar-refractivity contribution in [3.63, 3.8) is 0 Å². The summed E-state index contributed by atoms with van der Waals surface area (Å²) in [4.78, 5) is 26.2. The van der Waals surface area contributed by atoms with Crippen LogP contribution in [-0.2, 0) is 4.79 Å². The van der Waals surface area contributed by atoms with Gasteiger partial charge in [-0.15, -0.1) is 22.7 Å². The first kappa shape index (κ1) is 19.8. The van der Waals surface area contributed by atoms with Crippen molar-refractivity contribution in [3.8, 4) is 10.4 Å². The monoisotopic (exact) mass is 409 g/mol. The van der Waals surface area contributed by atoms with Gasteiger partial charge in [0.15, 0.2) is 0 Å². The number of hydrogen-bond donors (Lipinski definition) is 1. The van der Waals surface area contributed by atoms with Crippen LogP contribution in [0.15, 0.2) is 66.7 Å². The molecule has 0 saturated carbocycles. The number of carbonyl (C=O) groups excluding carboxylic acids is 1. The van der Waals surface area contributed by atoms with Crippen LogP contribution >= 0.6 is 22.7 Å². The molecular weight excluding hydrogens is 390 g/mol. The molecule has 142 valence electrons. The molecule has 2 heterocycles. The smallest absolute Gasteiger partial charge is 0.290 e. The lowest BCUT2D eigenvalue weighted by Crippen LogP contribution is -2.25. The number of anilines is 1. The van der Waals surface area contributed by atoms with E-state index in [1.54, 1.807) is 27.6 Å². The Balaban J connectivity index is 0.000000706. The van der Waals surface area contributed by atoms with Crippen LogP contribution in [0.2, 0.25) is 0 Å². The van der Waals surface area contributed by atoms with E-state index in [-0.39, 0.29) is 12.4 Å². The van der Waals surface area contributed by atoms with E-state index < -0.39 is 0 Å². The summed E-state index contributed by atoms with van der Waals surface area (Å²) in [7, 11) is 1.86. The Morgan fingerprint density at radius 2 is 1.64 bits per heavy atom. The molecule has 0 unspecified atom stereocenters. The van der Waals surface area contributed by atoms with E-state index >= 15 is 0 Å². The first-order valence-electron chi connectivity index (χ1n) is 8.55. The minimum Gasteiger partial charge on any atom is -0.483 e. The third kappa shape index (κ3) is 4.13. The highest BCUT2D eigenvalue weighted by Gasteiger charge is 2.20. The topological polar surface area (TPSA) is 57.6 Å². The quantitative estimate of drug-likeness (QED) is 0.428. The van der Waals surface area contributed by atoms with Crippen molar-refractivity contribution < 1.29 is 14.7 Å². The highest BCUT2D eigenvalue weighted by atomic mass is 32.1.